The Morgan fingerprint density at radius 3 is 2.68 bits per heavy atom. The largest absolute Gasteiger partial charge is 0.506 e. The molecule has 3 aromatic rings. The van der Waals surface area contributed by atoms with E-state index >= 15 is 0 Å². The van der Waals surface area contributed by atoms with Gasteiger partial charge in [-0.2, -0.15) is 5.10 Å². The van der Waals surface area contributed by atoms with Gasteiger partial charge in [-0.25, -0.2) is 0 Å². The van der Waals surface area contributed by atoms with Crippen molar-refractivity contribution in [2.24, 2.45) is 5.92 Å². The Kier molecular flexibility index (Phi) is 3.85. The number of halogens is 1. The van der Waals surface area contributed by atoms with Gasteiger partial charge in [-0.3, -0.25) is 5.10 Å². The van der Waals surface area contributed by atoms with Crippen LogP contribution in [0.15, 0.2) is 36.5 Å². The number of hydrogen-bond donors (Lipinski definition) is 3. The molecule has 2 aromatic carbocycles. The summed E-state index contributed by atoms with van der Waals surface area (Å²) in [5.41, 5.74) is 2.49. The highest BCUT2D eigenvalue weighted by Gasteiger charge is 2.36. The van der Waals surface area contributed by atoms with Gasteiger partial charge in [0.25, 0.3) is 0 Å². The Hall–Kier alpha value is -2.24. The third-order valence-corrected chi connectivity index (χ3v) is 5.24. The predicted octanol–water partition coefficient (Wildman–Crippen LogP) is 3.97. The number of ether oxygens (including phenoxy) is 1. The average Bonchev–Trinajstić information content (AvgIpc) is 2.96. The number of nitrogens with one attached hydrogen (secondary N) is 2. The van der Waals surface area contributed by atoms with Crippen LogP contribution in [-0.4, -0.2) is 34.0 Å². The van der Waals surface area contributed by atoms with Crippen molar-refractivity contribution in [1.29, 1.82) is 0 Å². The smallest absolute Gasteiger partial charge is 0.134 e. The van der Waals surface area contributed by atoms with Crippen LogP contribution in [0, 0.1) is 5.92 Å². The van der Waals surface area contributed by atoms with Crippen LogP contribution >= 0.6 is 11.6 Å². The van der Waals surface area contributed by atoms with Gasteiger partial charge < -0.3 is 15.2 Å². The Bertz CT molecular complexity index is 932. The molecule has 2 heterocycles. The second-order valence-electron chi connectivity index (χ2n) is 7.03. The SMILES string of the molecule is CC(C)(Oc1cc(-c2ccc(O)c(Cl)c2)cc2[nH]ncc12)C1CNC1. The molecule has 1 fully saturated rings. The van der Waals surface area contributed by atoms with Gasteiger partial charge in [-0.1, -0.05) is 17.7 Å². The minimum atomic E-state index is -0.277. The molecule has 1 aliphatic rings. The zero-order chi connectivity index (χ0) is 17.6. The molecule has 0 atom stereocenters. The first-order chi connectivity index (χ1) is 11.9. The van der Waals surface area contributed by atoms with Crippen molar-refractivity contribution < 1.29 is 9.84 Å². The normalized spacial score (nSPS) is 15.3. The minimum absolute atomic E-state index is 0.0723. The summed E-state index contributed by atoms with van der Waals surface area (Å²) in [6.45, 7) is 6.17. The number of fused-ring (bicyclic) bond motifs is 1. The van der Waals surface area contributed by atoms with Crippen LogP contribution in [0.5, 0.6) is 11.5 Å². The molecule has 130 valence electrons. The molecule has 1 aliphatic heterocycles. The number of aromatic nitrogens is 2. The van der Waals surface area contributed by atoms with Crippen molar-refractivity contribution >= 4 is 22.5 Å². The first-order valence-electron chi connectivity index (χ1n) is 8.30. The van der Waals surface area contributed by atoms with E-state index in [-0.39, 0.29) is 11.4 Å². The van der Waals surface area contributed by atoms with E-state index in [1.54, 1.807) is 18.3 Å². The van der Waals surface area contributed by atoms with Crippen molar-refractivity contribution in [2.45, 2.75) is 19.4 Å². The summed E-state index contributed by atoms with van der Waals surface area (Å²) in [6, 6.07) is 9.20. The lowest BCUT2D eigenvalue weighted by atomic mass is 9.86. The summed E-state index contributed by atoms with van der Waals surface area (Å²) < 4.78 is 6.41. The number of aromatic amines is 1. The quantitative estimate of drug-likeness (QED) is 0.661. The number of rotatable bonds is 4. The van der Waals surface area contributed by atoms with Gasteiger partial charge in [-0.15, -0.1) is 0 Å². The molecule has 1 saturated heterocycles. The van der Waals surface area contributed by atoms with Crippen LogP contribution in [0.4, 0.5) is 0 Å². The van der Waals surface area contributed by atoms with Crippen LogP contribution in [-0.2, 0) is 0 Å². The van der Waals surface area contributed by atoms with Gasteiger partial charge in [0.15, 0.2) is 0 Å². The molecule has 6 heteroatoms. The van der Waals surface area contributed by atoms with Gasteiger partial charge in [0.05, 0.1) is 22.1 Å². The molecular formula is C19H20ClN3O2. The molecule has 0 unspecified atom stereocenters. The van der Waals surface area contributed by atoms with Gasteiger partial charge in [0.1, 0.15) is 17.1 Å². The molecule has 0 saturated carbocycles. The fourth-order valence-electron chi connectivity index (χ4n) is 3.10. The lowest BCUT2D eigenvalue weighted by molar-refractivity contribution is 0.0194. The van der Waals surface area contributed by atoms with Crippen molar-refractivity contribution in [1.82, 2.24) is 15.5 Å². The van der Waals surface area contributed by atoms with E-state index in [2.05, 4.69) is 29.4 Å². The summed E-state index contributed by atoms with van der Waals surface area (Å²) in [6.07, 6.45) is 1.79. The number of H-pyrrole nitrogens is 1. The third-order valence-electron chi connectivity index (χ3n) is 4.94. The first kappa shape index (κ1) is 16.2. The molecular weight excluding hydrogens is 338 g/mol. The lowest BCUT2D eigenvalue weighted by Gasteiger charge is -2.41. The fourth-order valence-corrected chi connectivity index (χ4v) is 3.28. The Morgan fingerprint density at radius 1 is 1.20 bits per heavy atom. The number of nitrogens with zero attached hydrogens (tertiary/aromatic N) is 1. The summed E-state index contributed by atoms with van der Waals surface area (Å²) in [5, 5.41) is 21.4. The van der Waals surface area contributed by atoms with E-state index in [1.165, 1.54) is 0 Å². The van der Waals surface area contributed by atoms with E-state index in [4.69, 9.17) is 16.3 Å². The third kappa shape index (κ3) is 2.94. The van der Waals surface area contributed by atoms with Gasteiger partial charge >= 0.3 is 0 Å². The Labute approximate surface area is 151 Å². The molecule has 0 aliphatic carbocycles. The summed E-state index contributed by atoms with van der Waals surface area (Å²) >= 11 is 6.07. The van der Waals surface area contributed by atoms with Crippen LogP contribution in [0.3, 0.4) is 0 Å². The Morgan fingerprint density at radius 2 is 2.00 bits per heavy atom. The highest BCUT2D eigenvalue weighted by molar-refractivity contribution is 6.32. The maximum absolute atomic E-state index is 9.65. The highest BCUT2D eigenvalue weighted by Crippen LogP contribution is 2.37. The lowest BCUT2D eigenvalue weighted by Crippen LogP contribution is -2.55. The minimum Gasteiger partial charge on any atom is -0.506 e. The second-order valence-corrected chi connectivity index (χ2v) is 7.44. The first-order valence-corrected chi connectivity index (χ1v) is 8.67. The van der Waals surface area contributed by atoms with E-state index in [9.17, 15) is 5.11 Å². The van der Waals surface area contributed by atoms with Crippen LogP contribution < -0.4 is 10.1 Å². The van der Waals surface area contributed by atoms with E-state index in [0.29, 0.717) is 10.9 Å². The maximum atomic E-state index is 9.65. The summed E-state index contributed by atoms with van der Waals surface area (Å²) in [4.78, 5) is 0. The molecule has 0 spiro atoms. The van der Waals surface area contributed by atoms with Crippen molar-refractivity contribution in [2.75, 3.05) is 13.1 Å². The van der Waals surface area contributed by atoms with Crippen LogP contribution in [0.2, 0.25) is 5.02 Å². The van der Waals surface area contributed by atoms with Crippen molar-refractivity contribution in [3.63, 3.8) is 0 Å². The number of phenolic OH excluding ortho intramolecular Hbond substituents is 1. The molecule has 4 rings (SSSR count). The van der Waals surface area contributed by atoms with Crippen LogP contribution in [0.25, 0.3) is 22.0 Å². The topological polar surface area (TPSA) is 70.2 Å². The second kappa shape index (κ2) is 5.93. The zero-order valence-corrected chi connectivity index (χ0v) is 14.9. The van der Waals surface area contributed by atoms with E-state index < -0.39 is 0 Å². The van der Waals surface area contributed by atoms with E-state index in [1.807, 2.05) is 18.2 Å². The van der Waals surface area contributed by atoms with E-state index in [0.717, 1.165) is 40.9 Å². The zero-order valence-electron chi connectivity index (χ0n) is 14.1. The summed E-state index contributed by atoms with van der Waals surface area (Å²) in [5.74, 6) is 1.34. The van der Waals surface area contributed by atoms with Crippen LogP contribution in [0.1, 0.15) is 13.8 Å². The number of aromatic hydroxyl groups is 1. The van der Waals surface area contributed by atoms with Crippen molar-refractivity contribution in [3.8, 4) is 22.6 Å². The molecule has 0 radical (unpaired) electrons. The number of phenols is 1. The predicted molar refractivity (Wildman–Crippen MR) is 99.3 cm³/mol. The molecule has 3 N–H and O–H groups in total. The standard InChI is InChI=1S/C19H20ClN3O2/c1-19(2,13-8-21-9-13)25-18-7-12(6-16-14(18)10-22-23-16)11-3-4-17(24)15(20)5-11/h3-7,10,13,21,24H,8-9H2,1-2H3,(H,22,23). The monoisotopic (exact) mass is 357 g/mol. The maximum Gasteiger partial charge on any atom is 0.134 e. The molecule has 5 nitrogen and oxygen atoms in total. The molecule has 1 aromatic heterocycles. The van der Waals surface area contributed by atoms with Gasteiger partial charge in [0, 0.05) is 19.0 Å². The molecule has 0 bridgehead atoms. The molecule has 25 heavy (non-hydrogen) atoms. The Balaban J connectivity index is 1.78. The fraction of sp³-hybridized carbons (Fsp3) is 0.316. The number of hydrogen-bond acceptors (Lipinski definition) is 4. The molecule has 0 amide bonds. The van der Waals surface area contributed by atoms with Gasteiger partial charge in [-0.05, 0) is 49.2 Å². The average molecular weight is 358 g/mol. The number of benzene rings is 2. The van der Waals surface area contributed by atoms with Gasteiger partial charge in [0.2, 0.25) is 0 Å². The summed E-state index contributed by atoms with van der Waals surface area (Å²) in [7, 11) is 0. The highest BCUT2D eigenvalue weighted by atomic mass is 35.5. The van der Waals surface area contributed by atoms with Crippen molar-refractivity contribution in [3.05, 3.63) is 41.6 Å².